The van der Waals surface area contributed by atoms with Crippen LogP contribution in [0, 0.1) is 12.7 Å². The molecule has 2 N–H and O–H groups in total. The van der Waals surface area contributed by atoms with Gasteiger partial charge in [0, 0.05) is 13.1 Å². The first-order chi connectivity index (χ1) is 8.96. The lowest BCUT2D eigenvalue weighted by Crippen LogP contribution is -2.51. The normalized spacial score (nSPS) is 21.5. The monoisotopic (exact) mass is 288 g/mol. The molecule has 7 heteroatoms. The van der Waals surface area contributed by atoms with E-state index >= 15 is 0 Å². The number of halogens is 1. The first-order valence-electron chi connectivity index (χ1n) is 6.02. The Labute approximate surface area is 112 Å². The summed E-state index contributed by atoms with van der Waals surface area (Å²) in [5.41, 5.74) is 5.98. The first-order valence-corrected chi connectivity index (χ1v) is 7.46. The SMILES string of the molecule is Cc1cc(F)ccc1S(=O)(=O)N1CCOCC1CN. The summed E-state index contributed by atoms with van der Waals surface area (Å²) in [6.45, 7) is 2.67. The Morgan fingerprint density at radius 1 is 1.53 bits per heavy atom. The van der Waals surface area contributed by atoms with E-state index in [2.05, 4.69) is 0 Å². The van der Waals surface area contributed by atoms with Crippen LogP contribution < -0.4 is 5.73 Å². The van der Waals surface area contributed by atoms with Crippen LogP contribution in [0.25, 0.3) is 0 Å². The number of morpholine rings is 1. The van der Waals surface area contributed by atoms with Crippen molar-refractivity contribution in [2.75, 3.05) is 26.3 Å². The molecule has 106 valence electrons. The van der Waals surface area contributed by atoms with Crippen LogP contribution in [0.5, 0.6) is 0 Å². The van der Waals surface area contributed by atoms with E-state index in [1.165, 1.54) is 16.4 Å². The fourth-order valence-electron chi connectivity index (χ4n) is 2.17. The van der Waals surface area contributed by atoms with Crippen LogP contribution in [-0.4, -0.2) is 45.1 Å². The number of hydrogen-bond donors (Lipinski definition) is 1. The Morgan fingerprint density at radius 3 is 2.89 bits per heavy atom. The van der Waals surface area contributed by atoms with Crippen LogP contribution in [-0.2, 0) is 14.8 Å². The van der Waals surface area contributed by atoms with Gasteiger partial charge >= 0.3 is 0 Å². The van der Waals surface area contributed by atoms with Crippen LogP contribution >= 0.6 is 0 Å². The van der Waals surface area contributed by atoms with Crippen molar-refractivity contribution >= 4 is 10.0 Å². The minimum Gasteiger partial charge on any atom is -0.378 e. The Kier molecular flexibility index (Phi) is 4.19. The molecule has 1 aliphatic rings. The average Bonchev–Trinajstić information content (AvgIpc) is 2.38. The van der Waals surface area contributed by atoms with Crippen molar-refractivity contribution in [2.45, 2.75) is 17.9 Å². The van der Waals surface area contributed by atoms with E-state index in [1.54, 1.807) is 6.92 Å². The van der Waals surface area contributed by atoms with Gasteiger partial charge < -0.3 is 10.5 Å². The predicted molar refractivity (Wildman–Crippen MR) is 68.7 cm³/mol. The fourth-order valence-corrected chi connectivity index (χ4v) is 3.98. The quantitative estimate of drug-likeness (QED) is 0.878. The molecule has 2 rings (SSSR count). The predicted octanol–water partition coefficient (Wildman–Crippen LogP) is 0.482. The van der Waals surface area contributed by atoms with E-state index in [0.29, 0.717) is 12.2 Å². The second-order valence-electron chi connectivity index (χ2n) is 4.49. The minimum atomic E-state index is -3.66. The molecule has 0 radical (unpaired) electrons. The van der Waals surface area contributed by atoms with Crippen LogP contribution in [0.3, 0.4) is 0 Å². The number of nitrogens with zero attached hydrogens (tertiary/aromatic N) is 1. The third kappa shape index (κ3) is 2.79. The molecule has 0 aliphatic carbocycles. The third-order valence-corrected chi connectivity index (χ3v) is 5.28. The maximum absolute atomic E-state index is 13.1. The van der Waals surface area contributed by atoms with Gasteiger partial charge in [-0.2, -0.15) is 4.31 Å². The van der Waals surface area contributed by atoms with Crippen molar-refractivity contribution in [1.82, 2.24) is 4.31 Å². The van der Waals surface area contributed by atoms with Gasteiger partial charge in [0.25, 0.3) is 0 Å². The zero-order valence-electron chi connectivity index (χ0n) is 10.7. The van der Waals surface area contributed by atoms with Gasteiger partial charge in [-0.1, -0.05) is 0 Å². The molecular weight excluding hydrogens is 271 g/mol. The van der Waals surface area contributed by atoms with Crippen molar-refractivity contribution in [3.8, 4) is 0 Å². The van der Waals surface area contributed by atoms with Gasteiger partial charge in [0.15, 0.2) is 0 Å². The summed E-state index contributed by atoms with van der Waals surface area (Å²) in [5, 5.41) is 0. The minimum absolute atomic E-state index is 0.120. The smallest absolute Gasteiger partial charge is 0.243 e. The van der Waals surface area contributed by atoms with Crippen LogP contribution in [0.4, 0.5) is 4.39 Å². The fraction of sp³-hybridized carbons (Fsp3) is 0.500. The Bertz CT molecular complexity index is 562. The van der Waals surface area contributed by atoms with Gasteiger partial charge in [0.1, 0.15) is 5.82 Å². The molecule has 1 heterocycles. The van der Waals surface area contributed by atoms with Gasteiger partial charge in [-0.15, -0.1) is 0 Å². The highest BCUT2D eigenvalue weighted by Gasteiger charge is 2.34. The highest BCUT2D eigenvalue weighted by atomic mass is 32.2. The van der Waals surface area contributed by atoms with Gasteiger partial charge in [0.05, 0.1) is 24.2 Å². The summed E-state index contributed by atoms with van der Waals surface area (Å²) < 4.78 is 44.8. The summed E-state index contributed by atoms with van der Waals surface area (Å²) in [6.07, 6.45) is 0. The van der Waals surface area contributed by atoms with E-state index < -0.39 is 15.8 Å². The van der Waals surface area contributed by atoms with Crippen LogP contribution in [0.2, 0.25) is 0 Å². The molecule has 0 aromatic heterocycles. The zero-order chi connectivity index (χ0) is 14.0. The van der Waals surface area contributed by atoms with Crippen molar-refractivity contribution < 1.29 is 17.5 Å². The lowest BCUT2D eigenvalue weighted by Gasteiger charge is -2.34. The third-order valence-electron chi connectivity index (χ3n) is 3.17. The summed E-state index contributed by atoms with van der Waals surface area (Å²) in [5.74, 6) is -0.450. The molecule has 1 aromatic carbocycles. The molecule has 0 bridgehead atoms. The highest BCUT2D eigenvalue weighted by Crippen LogP contribution is 2.23. The van der Waals surface area contributed by atoms with Crippen LogP contribution in [0.15, 0.2) is 23.1 Å². The molecule has 0 spiro atoms. The number of sulfonamides is 1. The van der Waals surface area contributed by atoms with Crippen molar-refractivity contribution in [3.05, 3.63) is 29.6 Å². The number of nitrogens with two attached hydrogens (primary N) is 1. The first kappa shape index (κ1) is 14.4. The van der Waals surface area contributed by atoms with Gasteiger partial charge in [-0.3, -0.25) is 0 Å². The standard InChI is InChI=1S/C12H17FN2O3S/c1-9-6-10(13)2-3-12(9)19(16,17)15-4-5-18-8-11(15)7-14/h2-3,6,11H,4-5,7-8,14H2,1H3. The molecule has 19 heavy (non-hydrogen) atoms. The lowest BCUT2D eigenvalue weighted by molar-refractivity contribution is 0.0358. The summed E-state index contributed by atoms with van der Waals surface area (Å²) >= 11 is 0. The summed E-state index contributed by atoms with van der Waals surface area (Å²) in [6, 6.07) is 3.29. The topological polar surface area (TPSA) is 72.6 Å². The molecule has 5 nitrogen and oxygen atoms in total. The van der Waals surface area contributed by atoms with E-state index in [-0.39, 0.29) is 30.6 Å². The summed E-state index contributed by atoms with van der Waals surface area (Å²) in [7, 11) is -3.66. The molecule has 0 amide bonds. The average molecular weight is 288 g/mol. The van der Waals surface area contributed by atoms with Crippen molar-refractivity contribution in [2.24, 2.45) is 5.73 Å². The lowest BCUT2D eigenvalue weighted by atomic mass is 10.2. The van der Waals surface area contributed by atoms with E-state index in [1.807, 2.05) is 0 Å². The Balaban J connectivity index is 2.40. The molecule has 1 atom stereocenters. The molecule has 1 saturated heterocycles. The Hall–Kier alpha value is -1.02. The molecule has 1 aromatic rings. The largest absolute Gasteiger partial charge is 0.378 e. The van der Waals surface area contributed by atoms with Crippen molar-refractivity contribution in [1.29, 1.82) is 0 Å². The van der Waals surface area contributed by atoms with Gasteiger partial charge in [0.2, 0.25) is 10.0 Å². The van der Waals surface area contributed by atoms with E-state index in [9.17, 15) is 12.8 Å². The second kappa shape index (κ2) is 5.54. The number of hydrogen-bond acceptors (Lipinski definition) is 4. The van der Waals surface area contributed by atoms with Crippen LogP contribution in [0.1, 0.15) is 5.56 Å². The second-order valence-corrected chi connectivity index (χ2v) is 6.35. The molecule has 1 aliphatic heterocycles. The summed E-state index contributed by atoms with van der Waals surface area (Å²) in [4.78, 5) is 0.120. The molecular formula is C12H17FN2O3S. The van der Waals surface area contributed by atoms with Crippen molar-refractivity contribution in [3.63, 3.8) is 0 Å². The molecule has 0 saturated carbocycles. The Morgan fingerprint density at radius 2 is 2.26 bits per heavy atom. The maximum Gasteiger partial charge on any atom is 0.243 e. The van der Waals surface area contributed by atoms with Gasteiger partial charge in [-0.25, -0.2) is 12.8 Å². The molecule has 1 unspecified atom stereocenters. The van der Waals surface area contributed by atoms with E-state index in [4.69, 9.17) is 10.5 Å². The zero-order valence-corrected chi connectivity index (χ0v) is 11.5. The van der Waals surface area contributed by atoms with E-state index in [0.717, 1.165) is 6.07 Å². The number of benzene rings is 1. The maximum atomic E-state index is 13.1. The molecule has 1 fully saturated rings. The van der Waals surface area contributed by atoms with Gasteiger partial charge in [-0.05, 0) is 30.7 Å². The number of aryl methyl sites for hydroxylation is 1. The number of ether oxygens (including phenoxy) is 1. The highest BCUT2D eigenvalue weighted by molar-refractivity contribution is 7.89. The number of rotatable bonds is 3.